The van der Waals surface area contributed by atoms with Crippen molar-refractivity contribution in [2.75, 3.05) is 25.4 Å². The molecular weight excluding hydrogens is 382 g/mol. The molecule has 2 aromatic heterocycles. The molecule has 1 saturated heterocycles. The Bertz CT molecular complexity index is 875. The highest BCUT2D eigenvalue weighted by Crippen LogP contribution is 2.32. The number of imidazole rings is 1. The third-order valence-corrected chi connectivity index (χ3v) is 4.90. The lowest BCUT2D eigenvalue weighted by atomic mass is 10.1. The van der Waals surface area contributed by atoms with Crippen molar-refractivity contribution in [3.63, 3.8) is 0 Å². The molecule has 7 N–H and O–H groups in total. The van der Waals surface area contributed by atoms with Crippen LogP contribution >= 0.6 is 0 Å². The molecule has 0 radical (unpaired) electrons. The summed E-state index contributed by atoms with van der Waals surface area (Å²) in [5, 5.41) is 30.0. The molecule has 0 amide bonds. The quantitative estimate of drug-likeness (QED) is 0.299. The third kappa shape index (κ3) is 4.36. The van der Waals surface area contributed by atoms with E-state index in [1.54, 1.807) is 6.08 Å². The highest BCUT2D eigenvalue weighted by atomic mass is 16.6. The third-order valence-electron chi connectivity index (χ3n) is 4.90. The van der Waals surface area contributed by atoms with Gasteiger partial charge >= 0.3 is 5.97 Å². The van der Waals surface area contributed by atoms with E-state index >= 15 is 0 Å². The normalized spacial score (nSPS) is 25.5. The Hall–Kier alpha value is -2.64. The molecule has 5 atom stereocenters. The zero-order valence-electron chi connectivity index (χ0n) is 15.7. The lowest BCUT2D eigenvalue weighted by Gasteiger charge is -2.26. The van der Waals surface area contributed by atoms with E-state index in [-0.39, 0.29) is 18.8 Å². The van der Waals surface area contributed by atoms with Crippen LogP contribution < -0.4 is 11.5 Å². The molecule has 12 heteroatoms. The van der Waals surface area contributed by atoms with E-state index in [9.17, 15) is 15.0 Å². The molecule has 29 heavy (non-hydrogen) atoms. The van der Waals surface area contributed by atoms with Crippen molar-refractivity contribution >= 4 is 23.0 Å². The van der Waals surface area contributed by atoms with Gasteiger partial charge in [0.2, 0.25) is 0 Å². The van der Waals surface area contributed by atoms with Gasteiger partial charge in [-0.25, -0.2) is 15.0 Å². The van der Waals surface area contributed by atoms with Crippen molar-refractivity contribution in [3.05, 3.63) is 25.3 Å². The van der Waals surface area contributed by atoms with Crippen LogP contribution in [0.3, 0.4) is 0 Å². The first-order valence-electron chi connectivity index (χ1n) is 9.09. The number of carboxylic acids is 1. The number of aromatic nitrogens is 4. The Kier molecular flexibility index (Phi) is 6.39. The number of nitrogens with zero attached hydrogens (tertiary/aromatic N) is 5. The Labute approximate surface area is 166 Å². The number of carboxylic acid groups (broad SMARTS) is 1. The van der Waals surface area contributed by atoms with Crippen molar-refractivity contribution < 1.29 is 24.9 Å². The van der Waals surface area contributed by atoms with Gasteiger partial charge in [-0.2, -0.15) is 0 Å². The molecule has 0 spiro atoms. The number of carbonyl (C=O) groups is 1. The second-order valence-corrected chi connectivity index (χ2v) is 6.91. The summed E-state index contributed by atoms with van der Waals surface area (Å²) in [6, 6.07) is -0.988. The molecule has 3 rings (SSSR count). The number of hydrogen-bond donors (Lipinski definition) is 5. The molecule has 2 aromatic rings. The molecule has 1 fully saturated rings. The van der Waals surface area contributed by atoms with Crippen LogP contribution in [0.5, 0.6) is 0 Å². The summed E-state index contributed by atoms with van der Waals surface area (Å²) in [6.07, 6.45) is 0.547. The fraction of sp³-hybridized carbons (Fsp3) is 0.529. The molecule has 158 valence electrons. The highest BCUT2D eigenvalue weighted by molar-refractivity contribution is 5.81. The first-order valence-corrected chi connectivity index (χ1v) is 9.09. The van der Waals surface area contributed by atoms with E-state index < -0.39 is 36.6 Å². The fourth-order valence-corrected chi connectivity index (χ4v) is 3.31. The minimum Gasteiger partial charge on any atom is -0.480 e. The number of aliphatic hydroxyl groups is 2. The smallest absolute Gasteiger partial charge is 0.320 e. The lowest BCUT2D eigenvalue weighted by Crippen LogP contribution is -2.42. The van der Waals surface area contributed by atoms with Crippen LogP contribution in [0.2, 0.25) is 0 Å². The SMILES string of the molecule is C=CCN(CC[C@H](N)C(=O)O)C[C@H]1O[C@@H](n2cnc3c(N)ncnc32)[C@H](O)[C@@H]1O. The first kappa shape index (κ1) is 21.1. The summed E-state index contributed by atoms with van der Waals surface area (Å²) in [6.45, 7) is 4.74. The Balaban J connectivity index is 1.73. The molecule has 0 bridgehead atoms. The lowest BCUT2D eigenvalue weighted by molar-refractivity contribution is -0.138. The van der Waals surface area contributed by atoms with E-state index in [0.29, 0.717) is 24.3 Å². The van der Waals surface area contributed by atoms with Gasteiger partial charge in [-0.1, -0.05) is 6.08 Å². The van der Waals surface area contributed by atoms with Crippen molar-refractivity contribution in [2.24, 2.45) is 5.73 Å². The number of hydrogen-bond acceptors (Lipinski definition) is 10. The maximum Gasteiger partial charge on any atom is 0.320 e. The van der Waals surface area contributed by atoms with E-state index in [1.165, 1.54) is 17.2 Å². The Morgan fingerprint density at radius 1 is 1.38 bits per heavy atom. The van der Waals surface area contributed by atoms with E-state index in [1.807, 2.05) is 4.90 Å². The van der Waals surface area contributed by atoms with Gasteiger partial charge in [0.1, 0.15) is 36.2 Å². The number of anilines is 1. The van der Waals surface area contributed by atoms with Crippen molar-refractivity contribution in [1.82, 2.24) is 24.4 Å². The molecule has 0 saturated carbocycles. The van der Waals surface area contributed by atoms with Crippen LogP contribution in [0.4, 0.5) is 5.82 Å². The number of nitrogen functional groups attached to an aromatic ring is 1. The van der Waals surface area contributed by atoms with Crippen molar-refractivity contribution in [1.29, 1.82) is 0 Å². The Morgan fingerprint density at radius 3 is 2.83 bits per heavy atom. The largest absolute Gasteiger partial charge is 0.480 e. The molecule has 0 aliphatic carbocycles. The predicted molar refractivity (Wildman–Crippen MR) is 103 cm³/mol. The van der Waals surface area contributed by atoms with Crippen molar-refractivity contribution in [2.45, 2.75) is 37.0 Å². The van der Waals surface area contributed by atoms with Gasteiger partial charge in [-0.15, -0.1) is 6.58 Å². The topological polar surface area (TPSA) is 186 Å². The van der Waals surface area contributed by atoms with Crippen LogP contribution in [0.25, 0.3) is 11.2 Å². The number of ether oxygens (including phenoxy) is 1. The number of rotatable bonds is 9. The van der Waals surface area contributed by atoms with Gasteiger partial charge in [-0.3, -0.25) is 14.3 Å². The van der Waals surface area contributed by atoms with Crippen LogP contribution in [0.1, 0.15) is 12.6 Å². The number of aliphatic carboxylic acids is 1. The van der Waals surface area contributed by atoms with Crippen LogP contribution in [-0.2, 0) is 9.53 Å². The van der Waals surface area contributed by atoms with Crippen LogP contribution in [0, 0.1) is 0 Å². The monoisotopic (exact) mass is 407 g/mol. The highest BCUT2D eigenvalue weighted by Gasteiger charge is 2.44. The minimum absolute atomic E-state index is 0.199. The van der Waals surface area contributed by atoms with Crippen molar-refractivity contribution in [3.8, 4) is 0 Å². The maximum atomic E-state index is 10.9. The maximum absolute atomic E-state index is 10.9. The van der Waals surface area contributed by atoms with Gasteiger partial charge in [0.25, 0.3) is 0 Å². The molecule has 1 aliphatic rings. The average molecular weight is 407 g/mol. The first-order chi connectivity index (χ1) is 13.8. The fourth-order valence-electron chi connectivity index (χ4n) is 3.31. The van der Waals surface area contributed by atoms with Gasteiger partial charge in [0.05, 0.1) is 6.33 Å². The van der Waals surface area contributed by atoms with Gasteiger partial charge in [0.15, 0.2) is 17.7 Å². The van der Waals surface area contributed by atoms with E-state index in [4.69, 9.17) is 21.3 Å². The molecule has 3 heterocycles. The van der Waals surface area contributed by atoms with Gasteiger partial charge < -0.3 is 31.5 Å². The summed E-state index contributed by atoms with van der Waals surface area (Å²) in [5.41, 5.74) is 12.1. The molecule has 0 aromatic carbocycles. The number of fused-ring (bicyclic) bond motifs is 1. The summed E-state index contributed by atoms with van der Waals surface area (Å²) in [5.74, 6) is -0.880. The average Bonchev–Trinajstić information content (AvgIpc) is 3.23. The molecule has 1 aliphatic heterocycles. The van der Waals surface area contributed by atoms with E-state index in [0.717, 1.165) is 0 Å². The summed E-state index contributed by atoms with van der Waals surface area (Å²) >= 11 is 0. The van der Waals surface area contributed by atoms with Gasteiger partial charge in [0, 0.05) is 19.6 Å². The van der Waals surface area contributed by atoms with E-state index in [2.05, 4.69) is 21.5 Å². The second kappa shape index (κ2) is 8.80. The molecule has 0 unspecified atom stereocenters. The zero-order valence-corrected chi connectivity index (χ0v) is 15.7. The zero-order chi connectivity index (χ0) is 21.1. The number of aliphatic hydroxyl groups excluding tert-OH is 2. The summed E-state index contributed by atoms with van der Waals surface area (Å²) in [4.78, 5) is 24.9. The summed E-state index contributed by atoms with van der Waals surface area (Å²) in [7, 11) is 0. The second-order valence-electron chi connectivity index (χ2n) is 6.91. The Morgan fingerprint density at radius 2 is 2.14 bits per heavy atom. The van der Waals surface area contributed by atoms with Crippen LogP contribution in [-0.4, -0.2) is 89.7 Å². The van der Waals surface area contributed by atoms with Gasteiger partial charge in [-0.05, 0) is 6.42 Å². The molecular formula is C17H25N7O5. The minimum atomic E-state index is -1.22. The standard InChI is InChI=1S/C17H25N7O5/c1-2-4-23(5-3-9(18)17(27)28)6-10-12(25)13(26)16(29-10)24-8-22-11-14(19)20-7-21-15(11)24/h2,7-10,12-13,16,25-26H,1,3-6,18H2,(H,27,28)(H2,19,20,21)/t9-,10+,12+,13+,16+/m0/s1. The van der Waals surface area contributed by atoms with Crippen LogP contribution in [0.15, 0.2) is 25.3 Å². The predicted octanol–water partition coefficient (Wildman–Crippen LogP) is -1.68. The summed E-state index contributed by atoms with van der Waals surface area (Å²) < 4.78 is 7.41. The molecule has 12 nitrogen and oxygen atoms in total. The number of nitrogens with two attached hydrogens (primary N) is 2.